The highest BCUT2D eigenvalue weighted by atomic mass is 32.1. The fourth-order valence-electron chi connectivity index (χ4n) is 1.84. The van der Waals surface area contributed by atoms with Crippen molar-refractivity contribution in [3.63, 3.8) is 0 Å². The Bertz CT molecular complexity index is 568. The van der Waals surface area contributed by atoms with Crippen molar-refractivity contribution in [1.29, 1.82) is 0 Å². The molecule has 0 aromatic carbocycles. The monoisotopic (exact) mass is 292 g/mol. The Morgan fingerprint density at radius 1 is 1.40 bits per heavy atom. The number of nitrogens with one attached hydrogen (secondary N) is 1. The molecule has 0 amide bonds. The second-order valence-electron chi connectivity index (χ2n) is 4.68. The summed E-state index contributed by atoms with van der Waals surface area (Å²) in [6.07, 6.45) is 2.52. The Kier molecular flexibility index (Phi) is 4.79. The van der Waals surface area contributed by atoms with Gasteiger partial charge < -0.3 is 15.8 Å². The molecule has 0 saturated carbocycles. The highest BCUT2D eigenvalue weighted by molar-refractivity contribution is 7.10. The molecule has 20 heavy (non-hydrogen) atoms. The van der Waals surface area contributed by atoms with Crippen LogP contribution in [0.25, 0.3) is 0 Å². The molecule has 3 N–H and O–H groups in total. The molecule has 0 bridgehead atoms. The number of anilines is 2. The van der Waals surface area contributed by atoms with Gasteiger partial charge in [-0.25, -0.2) is 4.98 Å². The lowest BCUT2D eigenvalue weighted by Gasteiger charge is -2.13. The second-order valence-corrected chi connectivity index (χ2v) is 5.68. The van der Waals surface area contributed by atoms with Gasteiger partial charge >= 0.3 is 0 Å². The van der Waals surface area contributed by atoms with Crippen LogP contribution < -0.4 is 15.8 Å². The van der Waals surface area contributed by atoms with Crippen LogP contribution in [-0.2, 0) is 13.0 Å². The Morgan fingerprint density at radius 3 is 2.90 bits per heavy atom. The van der Waals surface area contributed by atoms with Crippen LogP contribution in [0.4, 0.5) is 11.5 Å². The first-order chi connectivity index (χ1) is 9.61. The molecule has 0 radical (unpaired) electrons. The zero-order valence-electron chi connectivity index (χ0n) is 12.0. The molecule has 2 heterocycles. The third-order valence-electron chi connectivity index (χ3n) is 2.83. The smallest absolute Gasteiger partial charge is 0.242 e. The number of nitrogens with zero attached hydrogens (tertiary/aromatic N) is 2. The van der Waals surface area contributed by atoms with Crippen LogP contribution in [0, 0.1) is 0 Å². The maximum Gasteiger partial charge on any atom is 0.242 e. The van der Waals surface area contributed by atoms with Crippen molar-refractivity contribution in [2.24, 2.45) is 0 Å². The average Bonchev–Trinajstić information content (AvgIpc) is 2.86. The Balaban J connectivity index is 2.10. The van der Waals surface area contributed by atoms with Gasteiger partial charge in [0.2, 0.25) is 5.88 Å². The number of hydrogen-bond donors (Lipinski definition) is 2. The van der Waals surface area contributed by atoms with Crippen LogP contribution in [0.1, 0.15) is 31.2 Å². The summed E-state index contributed by atoms with van der Waals surface area (Å²) in [7, 11) is 0. The number of rotatable bonds is 6. The summed E-state index contributed by atoms with van der Waals surface area (Å²) in [5.41, 5.74) is 7.84. The third-order valence-corrected chi connectivity index (χ3v) is 3.79. The summed E-state index contributed by atoms with van der Waals surface area (Å²) in [4.78, 5) is 9.54. The van der Waals surface area contributed by atoms with Gasteiger partial charge in [-0.05, 0) is 37.3 Å². The van der Waals surface area contributed by atoms with Gasteiger partial charge in [-0.1, -0.05) is 6.92 Å². The molecule has 0 atom stereocenters. The van der Waals surface area contributed by atoms with Gasteiger partial charge in [0.05, 0.1) is 12.6 Å². The molecule has 0 spiro atoms. The van der Waals surface area contributed by atoms with E-state index in [0.29, 0.717) is 23.9 Å². The van der Waals surface area contributed by atoms with Gasteiger partial charge in [-0.2, -0.15) is 4.98 Å². The molecule has 0 fully saturated rings. The molecule has 5 nitrogen and oxygen atoms in total. The SMILES string of the molecule is CCc1ccsc1CNc1ncnc(OC(C)C)c1N. The minimum absolute atomic E-state index is 0.0315. The lowest BCUT2D eigenvalue weighted by Crippen LogP contribution is -2.12. The van der Waals surface area contributed by atoms with Gasteiger partial charge in [0.1, 0.15) is 12.0 Å². The summed E-state index contributed by atoms with van der Waals surface area (Å²) in [5, 5.41) is 5.36. The zero-order valence-corrected chi connectivity index (χ0v) is 12.8. The van der Waals surface area contributed by atoms with E-state index < -0.39 is 0 Å². The van der Waals surface area contributed by atoms with E-state index in [1.54, 1.807) is 11.3 Å². The largest absolute Gasteiger partial charge is 0.473 e. The van der Waals surface area contributed by atoms with Crippen LogP contribution in [0.3, 0.4) is 0 Å². The average molecular weight is 292 g/mol. The summed E-state index contributed by atoms with van der Waals surface area (Å²) in [5.74, 6) is 1.05. The maximum atomic E-state index is 6.03. The molecule has 0 saturated heterocycles. The van der Waals surface area contributed by atoms with Crippen molar-refractivity contribution in [2.75, 3.05) is 11.1 Å². The molecule has 0 aliphatic heterocycles. The van der Waals surface area contributed by atoms with Crippen LogP contribution in [0.15, 0.2) is 17.8 Å². The first-order valence-electron chi connectivity index (χ1n) is 6.68. The molecule has 0 aliphatic carbocycles. The predicted octanol–water partition coefficient (Wildman–Crippen LogP) is 3.08. The number of aromatic nitrogens is 2. The van der Waals surface area contributed by atoms with E-state index in [4.69, 9.17) is 10.5 Å². The van der Waals surface area contributed by atoms with Crippen LogP contribution >= 0.6 is 11.3 Å². The van der Waals surface area contributed by atoms with E-state index in [9.17, 15) is 0 Å². The zero-order chi connectivity index (χ0) is 14.5. The minimum atomic E-state index is 0.0315. The third kappa shape index (κ3) is 3.39. The number of nitrogen functional groups attached to an aromatic ring is 1. The molecule has 0 unspecified atom stereocenters. The topological polar surface area (TPSA) is 73.1 Å². The van der Waals surface area contributed by atoms with E-state index in [0.717, 1.165) is 6.42 Å². The molecule has 6 heteroatoms. The lowest BCUT2D eigenvalue weighted by atomic mass is 10.2. The number of aryl methyl sites for hydroxylation is 1. The number of ether oxygens (including phenoxy) is 1. The fraction of sp³-hybridized carbons (Fsp3) is 0.429. The standard InChI is InChI=1S/C14H20N4OS/c1-4-10-5-6-20-11(10)7-16-13-12(15)14(18-8-17-13)19-9(2)3/h5-6,8-9H,4,7,15H2,1-3H3,(H,16,17,18). The van der Waals surface area contributed by atoms with Crippen molar-refractivity contribution in [1.82, 2.24) is 9.97 Å². The normalized spacial score (nSPS) is 10.8. The number of hydrogen-bond acceptors (Lipinski definition) is 6. The van der Waals surface area contributed by atoms with Crippen molar-refractivity contribution in [2.45, 2.75) is 39.8 Å². The summed E-state index contributed by atoms with van der Waals surface area (Å²) < 4.78 is 5.55. The van der Waals surface area contributed by atoms with Gasteiger partial charge in [0.25, 0.3) is 0 Å². The van der Waals surface area contributed by atoms with Crippen molar-refractivity contribution in [3.05, 3.63) is 28.2 Å². The van der Waals surface area contributed by atoms with Crippen molar-refractivity contribution < 1.29 is 4.74 Å². The number of nitrogens with two attached hydrogens (primary N) is 1. The summed E-state index contributed by atoms with van der Waals surface area (Å²) in [6.45, 7) is 6.74. The van der Waals surface area contributed by atoms with Gasteiger partial charge in [-0.15, -0.1) is 11.3 Å². The van der Waals surface area contributed by atoms with Crippen molar-refractivity contribution in [3.8, 4) is 5.88 Å². The second kappa shape index (κ2) is 6.56. The molecule has 108 valence electrons. The number of thiophene rings is 1. The summed E-state index contributed by atoms with van der Waals surface area (Å²) in [6, 6.07) is 2.15. The first kappa shape index (κ1) is 14.6. The van der Waals surface area contributed by atoms with Gasteiger partial charge in [0.15, 0.2) is 5.82 Å². The maximum absolute atomic E-state index is 6.03. The quantitative estimate of drug-likeness (QED) is 0.856. The van der Waals surface area contributed by atoms with Crippen molar-refractivity contribution >= 4 is 22.8 Å². The Hall–Kier alpha value is -1.82. The first-order valence-corrected chi connectivity index (χ1v) is 7.56. The van der Waals surface area contributed by atoms with E-state index in [1.807, 2.05) is 13.8 Å². The van der Waals surface area contributed by atoms with E-state index >= 15 is 0 Å². The molecular weight excluding hydrogens is 272 g/mol. The molecule has 2 rings (SSSR count). The van der Waals surface area contributed by atoms with E-state index in [-0.39, 0.29) is 6.10 Å². The highest BCUT2D eigenvalue weighted by Gasteiger charge is 2.11. The van der Waals surface area contributed by atoms with Crippen LogP contribution in [-0.4, -0.2) is 16.1 Å². The lowest BCUT2D eigenvalue weighted by molar-refractivity contribution is 0.234. The van der Waals surface area contributed by atoms with Crippen LogP contribution in [0.5, 0.6) is 5.88 Å². The minimum Gasteiger partial charge on any atom is -0.473 e. The molecule has 2 aromatic rings. The molecular formula is C14H20N4OS. The fourth-order valence-corrected chi connectivity index (χ4v) is 2.75. The molecule has 0 aliphatic rings. The molecule has 2 aromatic heterocycles. The highest BCUT2D eigenvalue weighted by Crippen LogP contribution is 2.26. The Labute approximate surface area is 123 Å². The summed E-state index contributed by atoms with van der Waals surface area (Å²) >= 11 is 1.74. The Morgan fingerprint density at radius 2 is 2.20 bits per heavy atom. The van der Waals surface area contributed by atoms with E-state index in [1.165, 1.54) is 16.8 Å². The van der Waals surface area contributed by atoms with Gasteiger partial charge in [-0.3, -0.25) is 0 Å². The van der Waals surface area contributed by atoms with E-state index in [2.05, 4.69) is 33.7 Å². The van der Waals surface area contributed by atoms with Crippen LogP contribution in [0.2, 0.25) is 0 Å². The predicted molar refractivity (Wildman–Crippen MR) is 83.2 cm³/mol. The van der Waals surface area contributed by atoms with Gasteiger partial charge in [0, 0.05) is 4.88 Å².